The number of aromatic nitrogens is 3. The fraction of sp³-hybridized carbons (Fsp3) is 0.333. The van der Waals surface area contributed by atoms with Gasteiger partial charge in [-0.2, -0.15) is 0 Å². The van der Waals surface area contributed by atoms with E-state index in [0.29, 0.717) is 23.9 Å². The van der Waals surface area contributed by atoms with Crippen LogP contribution in [0.3, 0.4) is 0 Å². The summed E-state index contributed by atoms with van der Waals surface area (Å²) < 4.78 is 1.52. The number of hydrogen-bond acceptors (Lipinski definition) is 6. The van der Waals surface area contributed by atoms with Gasteiger partial charge < -0.3 is 0 Å². The minimum Gasteiger partial charge on any atom is -0.273 e. The molecule has 1 aliphatic heterocycles. The van der Waals surface area contributed by atoms with E-state index < -0.39 is 4.92 Å². The molecule has 1 N–H and O–H groups in total. The molecule has 1 aliphatic rings. The number of nitrogens with zero attached hydrogens (tertiary/aromatic N) is 5. The highest BCUT2D eigenvalue weighted by Crippen LogP contribution is 2.17. The maximum absolute atomic E-state index is 11.8. The standard InChI is InChI=1S/C15H16N6O3/c1-10-9-14(22)19-20-13(17-18-15(20)16-10)4-2-3-11-5-7-12(8-6-11)21(23)24/h5-8H,2-4,9H2,1H3,(H,19,22). The molecule has 0 spiro atoms. The molecule has 2 aromatic rings. The molecule has 0 saturated heterocycles. The summed E-state index contributed by atoms with van der Waals surface area (Å²) >= 11 is 0. The molecule has 0 aliphatic carbocycles. The largest absolute Gasteiger partial charge is 0.273 e. The van der Waals surface area contributed by atoms with Crippen LogP contribution in [0.15, 0.2) is 29.3 Å². The number of amides is 1. The zero-order valence-electron chi connectivity index (χ0n) is 13.1. The van der Waals surface area contributed by atoms with Crippen molar-refractivity contribution in [3.05, 3.63) is 45.8 Å². The van der Waals surface area contributed by atoms with Gasteiger partial charge in [0.05, 0.1) is 11.3 Å². The van der Waals surface area contributed by atoms with E-state index in [1.54, 1.807) is 19.1 Å². The third-order valence-corrected chi connectivity index (χ3v) is 3.67. The molecule has 3 rings (SSSR count). The van der Waals surface area contributed by atoms with Crippen LogP contribution in [0.1, 0.15) is 31.2 Å². The normalized spacial score (nSPS) is 13.7. The average Bonchev–Trinajstić information content (AvgIpc) is 2.82. The lowest BCUT2D eigenvalue weighted by molar-refractivity contribution is -0.384. The lowest BCUT2D eigenvalue weighted by atomic mass is 10.1. The minimum absolute atomic E-state index is 0.0810. The minimum atomic E-state index is -0.416. The summed E-state index contributed by atoms with van der Waals surface area (Å²) in [7, 11) is 0. The number of rotatable bonds is 5. The number of nitro benzene ring substituents is 1. The number of non-ortho nitro benzene ring substituents is 1. The van der Waals surface area contributed by atoms with E-state index in [0.717, 1.165) is 18.4 Å². The van der Waals surface area contributed by atoms with Gasteiger partial charge in [-0.3, -0.25) is 20.3 Å². The maximum Gasteiger partial charge on any atom is 0.270 e. The second-order valence-electron chi connectivity index (χ2n) is 5.59. The van der Waals surface area contributed by atoms with Crippen molar-refractivity contribution >= 4 is 23.3 Å². The number of carbonyl (C=O) groups is 1. The zero-order valence-corrected chi connectivity index (χ0v) is 13.1. The first-order valence-electron chi connectivity index (χ1n) is 7.54. The highest BCUT2D eigenvalue weighted by atomic mass is 16.6. The molecule has 0 unspecified atom stereocenters. The van der Waals surface area contributed by atoms with Gasteiger partial charge in [0.2, 0.25) is 5.91 Å². The second kappa shape index (κ2) is 6.57. The summed E-state index contributed by atoms with van der Waals surface area (Å²) in [5.74, 6) is 0.869. The molecule has 1 aromatic heterocycles. The quantitative estimate of drug-likeness (QED) is 0.665. The van der Waals surface area contributed by atoms with Gasteiger partial charge in [-0.15, -0.1) is 10.2 Å². The van der Waals surface area contributed by atoms with Gasteiger partial charge in [0.1, 0.15) is 0 Å². The Morgan fingerprint density at radius 3 is 2.71 bits per heavy atom. The fourth-order valence-electron chi connectivity index (χ4n) is 2.50. The van der Waals surface area contributed by atoms with E-state index in [1.807, 2.05) is 0 Å². The summed E-state index contributed by atoms with van der Waals surface area (Å²) in [6.45, 7) is 1.78. The Morgan fingerprint density at radius 2 is 2.00 bits per heavy atom. The van der Waals surface area contributed by atoms with Gasteiger partial charge in [0.25, 0.3) is 11.6 Å². The zero-order chi connectivity index (χ0) is 17.1. The number of hydrogen-bond donors (Lipinski definition) is 1. The Labute approximate surface area is 137 Å². The van der Waals surface area contributed by atoms with Crippen LogP contribution in [0, 0.1) is 10.1 Å². The van der Waals surface area contributed by atoms with Crippen molar-refractivity contribution in [1.82, 2.24) is 14.9 Å². The molecule has 0 radical (unpaired) electrons. The summed E-state index contributed by atoms with van der Waals surface area (Å²) in [6.07, 6.45) is 2.37. The van der Waals surface area contributed by atoms with Crippen LogP contribution in [0.4, 0.5) is 11.6 Å². The Kier molecular flexibility index (Phi) is 4.32. The molecule has 0 saturated carbocycles. The molecule has 0 atom stereocenters. The van der Waals surface area contributed by atoms with Crippen LogP contribution < -0.4 is 5.43 Å². The molecule has 1 amide bonds. The van der Waals surface area contributed by atoms with Gasteiger partial charge in [-0.05, 0) is 25.3 Å². The third-order valence-electron chi connectivity index (χ3n) is 3.67. The first-order valence-corrected chi connectivity index (χ1v) is 7.54. The molecule has 9 heteroatoms. The number of benzene rings is 1. The Morgan fingerprint density at radius 1 is 1.25 bits per heavy atom. The summed E-state index contributed by atoms with van der Waals surface area (Å²) in [6, 6.07) is 6.49. The van der Waals surface area contributed by atoms with Crippen LogP contribution in [0.5, 0.6) is 0 Å². The number of fused-ring (bicyclic) bond motifs is 1. The van der Waals surface area contributed by atoms with Crippen molar-refractivity contribution in [3.63, 3.8) is 0 Å². The third kappa shape index (κ3) is 3.45. The molecule has 0 fully saturated rings. The fourth-order valence-corrected chi connectivity index (χ4v) is 2.50. The number of nitro groups is 1. The van der Waals surface area contributed by atoms with Gasteiger partial charge >= 0.3 is 0 Å². The lowest BCUT2D eigenvalue weighted by Crippen LogP contribution is -2.24. The first kappa shape index (κ1) is 15.8. The van der Waals surface area contributed by atoms with E-state index in [1.165, 1.54) is 16.8 Å². The Hall–Kier alpha value is -3.10. The SMILES string of the molecule is CC1=Nc2nnc(CCCc3ccc([N+](=O)[O-])cc3)n2NC(=O)C1. The summed E-state index contributed by atoms with van der Waals surface area (Å²) in [5.41, 5.74) is 4.51. The molecule has 124 valence electrons. The number of aliphatic imine (C=N–C) groups is 1. The van der Waals surface area contributed by atoms with Gasteiger partial charge in [-0.25, -0.2) is 9.67 Å². The maximum atomic E-state index is 11.8. The summed E-state index contributed by atoms with van der Waals surface area (Å²) in [5, 5.41) is 18.7. The highest BCUT2D eigenvalue weighted by Gasteiger charge is 2.18. The van der Waals surface area contributed by atoms with Gasteiger partial charge in [0, 0.05) is 24.3 Å². The summed E-state index contributed by atoms with van der Waals surface area (Å²) in [4.78, 5) is 26.2. The van der Waals surface area contributed by atoms with Crippen LogP contribution in [0.2, 0.25) is 0 Å². The van der Waals surface area contributed by atoms with Crippen LogP contribution >= 0.6 is 0 Å². The van der Waals surface area contributed by atoms with Crippen LogP contribution in [0.25, 0.3) is 0 Å². The Bertz CT molecular complexity index is 809. The van der Waals surface area contributed by atoms with Crippen LogP contribution in [-0.4, -0.2) is 31.4 Å². The monoisotopic (exact) mass is 328 g/mol. The predicted molar refractivity (Wildman–Crippen MR) is 86.9 cm³/mol. The molecular formula is C15H16N6O3. The van der Waals surface area contributed by atoms with Crippen molar-refractivity contribution in [2.24, 2.45) is 4.99 Å². The predicted octanol–water partition coefficient (Wildman–Crippen LogP) is 1.93. The highest BCUT2D eigenvalue weighted by molar-refractivity contribution is 6.04. The molecule has 2 heterocycles. The number of carbonyl (C=O) groups excluding carboxylic acids is 1. The van der Waals surface area contributed by atoms with Crippen molar-refractivity contribution in [2.75, 3.05) is 5.43 Å². The van der Waals surface area contributed by atoms with Crippen molar-refractivity contribution in [2.45, 2.75) is 32.6 Å². The van der Waals surface area contributed by atoms with Crippen molar-refractivity contribution in [1.29, 1.82) is 0 Å². The van der Waals surface area contributed by atoms with E-state index in [2.05, 4.69) is 20.6 Å². The molecule has 24 heavy (non-hydrogen) atoms. The molecular weight excluding hydrogens is 312 g/mol. The second-order valence-corrected chi connectivity index (χ2v) is 5.59. The van der Waals surface area contributed by atoms with E-state index in [-0.39, 0.29) is 18.0 Å². The molecule has 0 bridgehead atoms. The van der Waals surface area contributed by atoms with E-state index in [4.69, 9.17) is 0 Å². The van der Waals surface area contributed by atoms with Crippen LogP contribution in [-0.2, 0) is 17.6 Å². The van der Waals surface area contributed by atoms with Gasteiger partial charge in [-0.1, -0.05) is 12.1 Å². The van der Waals surface area contributed by atoms with Gasteiger partial charge in [0.15, 0.2) is 5.82 Å². The molecule has 1 aromatic carbocycles. The molecule has 9 nitrogen and oxygen atoms in total. The topological polar surface area (TPSA) is 115 Å². The van der Waals surface area contributed by atoms with E-state index >= 15 is 0 Å². The van der Waals surface area contributed by atoms with Crippen molar-refractivity contribution < 1.29 is 9.72 Å². The number of aryl methyl sites for hydroxylation is 2. The smallest absolute Gasteiger partial charge is 0.270 e. The van der Waals surface area contributed by atoms with Crippen molar-refractivity contribution in [3.8, 4) is 0 Å². The van der Waals surface area contributed by atoms with E-state index in [9.17, 15) is 14.9 Å². The lowest BCUT2D eigenvalue weighted by Gasteiger charge is -2.07. The first-order chi connectivity index (χ1) is 11.5. The average molecular weight is 328 g/mol. The Balaban J connectivity index is 1.64. The number of nitrogens with one attached hydrogen (secondary N) is 1.